The van der Waals surface area contributed by atoms with E-state index in [1.807, 2.05) is 49.3 Å². The monoisotopic (exact) mass is 1270 g/mol. The van der Waals surface area contributed by atoms with Gasteiger partial charge in [0, 0.05) is 147 Å². The van der Waals surface area contributed by atoms with Crippen LogP contribution in [-0.4, -0.2) is 156 Å². The molecule has 6 saturated heterocycles. The minimum absolute atomic E-state index is 0.567. The van der Waals surface area contributed by atoms with Gasteiger partial charge in [0.05, 0.1) is 35.5 Å². The summed E-state index contributed by atoms with van der Waals surface area (Å²) in [4.78, 5) is 60.4. The van der Waals surface area contributed by atoms with Crippen molar-refractivity contribution in [2.75, 3.05) is 35.8 Å². The normalized spacial score (nSPS) is 23.7. The molecule has 9 atom stereocenters. The van der Waals surface area contributed by atoms with Crippen LogP contribution >= 0.6 is 68.0 Å². The molecular weight excluding hydrogens is 1210 g/mol. The first-order chi connectivity index (χ1) is 42.7. The lowest BCUT2D eigenvalue weighted by Crippen LogP contribution is -2.47. The Hall–Kier alpha value is -7.15. The first-order valence-electron chi connectivity index (χ1n) is 29.7. The third-order valence-corrected chi connectivity index (χ3v) is 24.5. The third kappa shape index (κ3) is 11.3. The van der Waals surface area contributed by atoms with Gasteiger partial charge in [0.1, 0.15) is 15.0 Å². The molecule has 3 unspecified atom stereocenters. The molecule has 87 heavy (non-hydrogen) atoms. The predicted octanol–water partition coefficient (Wildman–Crippen LogP) is 11.2. The van der Waals surface area contributed by atoms with Crippen molar-refractivity contribution in [3.8, 4) is 65.6 Å². The number of pyridine rings is 2. The largest absolute Gasteiger partial charge is 0.348 e. The summed E-state index contributed by atoms with van der Waals surface area (Å²) in [5.41, 5.74) is 7.66. The van der Waals surface area contributed by atoms with Gasteiger partial charge >= 0.3 is 0 Å². The standard InChI is InChI=1S/2C20H21N7S2.C19H20N8S2/c1-27(15-6-13-3-4-14(7-15)24-13)20-26-19-18(29-20)25-17(28-19)11-2-5-16(21-8-11)12-9-22-23-10-12;1-27(15-6-13-3-4-14(7-15)24-13)20-26-19-18(29-20)25-17(28-19)16-5-2-11(8-21-16)12-9-22-23-10-12;1-27(14-4-12-2-3-13(5-14)24-12)19-26-18-17(29-19)25-16(28-18)11-6-20-15(21-7-11)10-8-22-23-9-10/h2*2,5,8-10,13-15,24H,3-4,6-7H2,1H3,(H,22,23);6-9,12-14,24H,2-5H2,1H3,(H,22,23)/t2*13-,14+,15?;12-,13+,14?. The second-order valence-electron chi connectivity index (χ2n) is 23.6. The van der Waals surface area contributed by atoms with Crippen molar-refractivity contribution < 1.29 is 0 Å². The fraction of sp³-hybridized carbons (Fsp3) is 0.407. The summed E-state index contributed by atoms with van der Waals surface area (Å²) in [7, 11) is 6.56. The van der Waals surface area contributed by atoms with Crippen LogP contribution in [-0.2, 0) is 0 Å². The lowest BCUT2D eigenvalue weighted by Gasteiger charge is -2.35. The molecule has 6 aliphatic rings. The number of thiazole rings is 6. The molecule has 0 amide bonds. The molecule has 444 valence electrons. The van der Waals surface area contributed by atoms with Gasteiger partial charge in [-0.3, -0.25) is 25.3 Å². The first-order valence-corrected chi connectivity index (χ1v) is 34.6. The van der Waals surface area contributed by atoms with Gasteiger partial charge < -0.3 is 30.7 Å². The summed E-state index contributed by atoms with van der Waals surface area (Å²) in [5.74, 6) is 0.652. The molecule has 12 aromatic heterocycles. The third-order valence-electron chi connectivity index (χ3n) is 18.1. The van der Waals surface area contributed by atoms with E-state index in [2.05, 4.69) is 114 Å². The van der Waals surface area contributed by atoms with E-state index in [0.717, 1.165) is 104 Å². The molecule has 22 nitrogen and oxygen atoms in total. The van der Waals surface area contributed by atoms with E-state index in [1.54, 1.807) is 92.8 Å². The molecule has 0 radical (unpaired) electrons. The zero-order chi connectivity index (χ0) is 58.1. The van der Waals surface area contributed by atoms with Crippen molar-refractivity contribution >= 4 is 112 Å². The van der Waals surface area contributed by atoms with E-state index in [0.29, 0.717) is 60.2 Å². The van der Waals surface area contributed by atoms with Crippen molar-refractivity contribution in [1.29, 1.82) is 0 Å². The number of nitrogens with zero attached hydrogens (tertiary/aromatic N) is 16. The van der Waals surface area contributed by atoms with Gasteiger partial charge in [-0.15, -0.1) is 0 Å². The van der Waals surface area contributed by atoms with E-state index in [4.69, 9.17) is 29.9 Å². The molecule has 6 bridgehead atoms. The number of nitrogens with one attached hydrogen (secondary N) is 6. The van der Waals surface area contributed by atoms with Crippen molar-refractivity contribution in [2.45, 2.75) is 131 Å². The van der Waals surface area contributed by atoms with E-state index < -0.39 is 0 Å². The summed E-state index contributed by atoms with van der Waals surface area (Å²) >= 11 is 9.94. The zero-order valence-corrected chi connectivity index (χ0v) is 52.8. The number of hydrogen-bond donors (Lipinski definition) is 6. The summed E-state index contributed by atoms with van der Waals surface area (Å²) in [6.45, 7) is 0. The van der Waals surface area contributed by atoms with Crippen molar-refractivity contribution in [2.24, 2.45) is 0 Å². The fourth-order valence-corrected chi connectivity index (χ4v) is 19.5. The average Bonchev–Trinajstić information content (AvgIpc) is 3.89. The molecule has 12 aromatic rings. The van der Waals surface area contributed by atoms with E-state index >= 15 is 0 Å². The molecule has 6 N–H and O–H groups in total. The molecule has 6 aliphatic heterocycles. The van der Waals surface area contributed by atoms with E-state index in [1.165, 1.54) is 77.0 Å². The lowest BCUT2D eigenvalue weighted by molar-refractivity contribution is 0.354. The summed E-state index contributed by atoms with van der Waals surface area (Å²) in [5, 5.41) is 37.5. The van der Waals surface area contributed by atoms with Crippen LogP contribution in [0.2, 0.25) is 0 Å². The Kier molecular flexibility index (Phi) is 14.9. The topological polar surface area (TPSA) is 261 Å². The molecule has 6 fully saturated rings. The number of fused-ring (bicyclic) bond motifs is 9. The first kappa shape index (κ1) is 55.2. The number of aromatic nitrogens is 16. The molecule has 0 aliphatic carbocycles. The Bertz CT molecular complexity index is 3700. The number of rotatable bonds is 12. The van der Waals surface area contributed by atoms with Gasteiger partial charge in [-0.05, 0) is 95.2 Å². The number of anilines is 3. The maximum absolute atomic E-state index is 4.91. The highest BCUT2D eigenvalue weighted by molar-refractivity contribution is 7.31. The van der Waals surface area contributed by atoms with Crippen LogP contribution in [0.4, 0.5) is 15.4 Å². The molecule has 18 rings (SSSR count). The Morgan fingerprint density at radius 1 is 0.345 bits per heavy atom. The molecule has 0 aromatic carbocycles. The average molecular weight is 1270 g/mol. The van der Waals surface area contributed by atoms with Crippen LogP contribution in [0.15, 0.2) is 86.2 Å². The van der Waals surface area contributed by atoms with Gasteiger partial charge in [0.25, 0.3) is 0 Å². The summed E-state index contributed by atoms with van der Waals surface area (Å²) in [6, 6.07) is 14.0. The molecular formula is C59H62N22S6. The van der Waals surface area contributed by atoms with E-state index in [9.17, 15) is 0 Å². The Morgan fingerprint density at radius 2 is 0.713 bits per heavy atom. The number of aromatic amines is 3. The lowest BCUT2D eigenvalue weighted by atomic mass is 9.99. The van der Waals surface area contributed by atoms with E-state index in [-0.39, 0.29) is 0 Å². The van der Waals surface area contributed by atoms with Crippen LogP contribution in [0.25, 0.3) is 94.6 Å². The Morgan fingerprint density at radius 3 is 1.13 bits per heavy atom. The van der Waals surface area contributed by atoms with Gasteiger partial charge in [-0.25, -0.2) is 39.9 Å². The van der Waals surface area contributed by atoms with Gasteiger partial charge in [-0.2, -0.15) is 15.3 Å². The quantitative estimate of drug-likeness (QED) is 0.0664. The Balaban J connectivity index is 0.000000106. The van der Waals surface area contributed by atoms with Gasteiger partial charge in [0.15, 0.2) is 50.2 Å². The van der Waals surface area contributed by atoms with Gasteiger partial charge in [0.2, 0.25) is 0 Å². The molecule has 0 saturated carbocycles. The zero-order valence-electron chi connectivity index (χ0n) is 47.9. The number of hydrogen-bond acceptors (Lipinski definition) is 25. The smallest absolute Gasteiger partial charge is 0.188 e. The Labute approximate surface area is 524 Å². The van der Waals surface area contributed by atoms with Crippen molar-refractivity contribution in [3.63, 3.8) is 0 Å². The molecule has 18 heterocycles. The maximum atomic E-state index is 4.91. The second-order valence-corrected chi connectivity index (χ2v) is 29.4. The number of piperidine rings is 3. The van der Waals surface area contributed by atoms with Crippen LogP contribution < -0.4 is 30.7 Å². The highest BCUT2D eigenvalue weighted by atomic mass is 32.1. The molecule has 28 heteroatoms. The fourth-order valence-electron chi connectivity index (χ4n) is 13.3. The van der Waals surface area contributed by atoms with Crippen molar-refractivity contribution in [3.05, 3.63) is 86.2 Å². The van der Waals surface area contributed by atoms with Crippen molar-refractivity contribution in [1.82, 2.24) is 96.4 Å². The van der Waals surface area contributed by atoms with Crippen LogP contribution in [0.5, 0.6) is 0 Å². The second kappa shape index (κ2) is 23.4. The predicted molar refractivity (Wildman–Crippen MR) is 350 cm³/mol. The highest BCUT2D eigenvalue weighted by Crippen LogP contribution is 2.42. The highest BCUT2D eigenvalue weighted by Gasteiger charge is 2.39. The SMILES string of the molecule is CN(c1nc2sc(-c3ccc(-c4cn[nH]c4)cn3)nc2s1)C1C[C@H]2CC[C@@H](C1)N2.CN(c1nc2sc(-c3ccc(-c4cn[nH]c4)nc3)nc2s1)C1C[C@H]2CC[C@@H](C1)N2.CN(c1nc2sc(-c3cnc(-c4cn[nH]c4)nc3)nc2s1)C1C[C@H]2CC[C@@H](C1)N2. The van der Waals surface area contributed by atoms with Crippen LogP contribution in [0.1, 0.15) is 77.0 Å². The van der Waals surface area contributed by atoms with Gasteiger partial charge in [-0.1, -0.05) is 74.1 Å². The maximum Gasteiger partial charge on any atom is 0.188 e. The summed E-state index contributed by atoms with van der Waals surface area (Å²) in [6.07, 6.45) is 33.3. The van der Waals surface area contributed by atoms with Crippen LogP contribution in [0, 0.1) is 0 Å². The van der Waals surface area contributed by atoms with Crippen LogP contribution in [0.3, 0.4) is 0 Å². The summed E-state index contributed by atoms with van der Waals surface area (Å²) < 4.78 is 0. The minimum atomic E-state index is 0.567. The minimum Gasteiger partial charge on any atom is -0.348 e. The number of H-pyrrole nitrogens is 3. The molecule has 0 spiro atoms.